The van der Waals surface area contributed by atoms with Gasteiger partial charge in [-0.2, -0.15) is 0 Å². The summed E-state index contributed by atoms with van der Waals surface area (Å²) in [5.74, 6) is -1.30. The fourth-order valence-corrected chi connectivity index (χ4v) is 3.08. The molecule has 0 N–H and O–H groups in total. The smallest absolute Gasteiger partial charge is 0.302 e. The van der Waals surface area contributed by atoms with E-state index in [0.29, 0.717) is 30.6 Å². The SMILES string of the molecule is CC(=O)OCCCCC[C@H](CCN1C(=O)c2ccccc2C1=O)OC(C)=O. The average molecular weight is 375 g/mol. The number of hydrogen-bond acceptors (Lipinski definition) is 6. The third-order valence-corrected chi connectivity index (χ3v) is 4.36. The fraction of sp³-hybridized carbons (Fsp3) is 0.500. The summed E-state index contributed by atoms with van der Waals surface area (Å²) >= 11 is 0. The first kappa shape index (κ1) is 20.6. The van der Waals surface area contributed by atoms with E-state index < -0.39 is 0 Å². The minimum Gasteiger partial charge on any atom is -0.466 e. The Morgan fingerprint density at radius 3 is 2.11 bits per heavy atom. The molecule has 0 saturated carbocycles. The van der Waals surface area contributed by atoms with Crippen LogP contribution in [0.1, 0.15) is 66.7 Å². The van der Waals surface area contributed by atoms with Crippen LogP contribution in [0.5, 0.6) is 0 Å². The van der Waals surface area contributed by atoms with Gasteiger partial charge in [-0.15, -0.1) is 0 Å². The molecular weight excluding hydrogens is 350 g/mol. The molecule has 1 aromatic rings. The Hall–Kier alpha value is -2.70. The lowest BCUT2D eigenvalue weighted by molar-refractivity contribution is -0.147. The quantitative estimate of drug-likeness (QED) is 0.355. The van der Waals surface area contributed by atoms with Gasteiger partial charge in [0.1, 0.15) is 6.10 Å². The molecule has 7 nitrogen and oxygen atoms in total. The molecular formula is C20H25NO6. The van der Waals surface area contributed by atoms with Gasteiger partial charge in [0, 0.05) is 26.8 Å². The number of rotatable bonds is 10. The highest BCUT2D eigenvalue weighted by Gasteiger charge is 2.35. The van der Waals surface area contributed by atoms with Gasteiger partial charge in [-0.25, -0.2) is 0 Å². The lowest BCUT2D eigenvalue weighted by Gasteiger charge is -2.20. The molecule has 1 aromatic carbocycles. The predicted molar refractivity (Wildman–Crippen MR) is 97.1 cm³/mol. The maximum Gasteiger partial charge on any atom is 0.302 e. The number of imide groups is 1. The molecule has 0 unspecified atom stereocenters. The molecule has 0 bridgehead atoms. The summed E-state index contributed by atoms with van der Waals surface area (Å²) in [7, 11) is 0. The van der Waals surface area contributed by atoms with E-state index in [1.54, 1.807) is 24.3 Å². The van der Waals surface area contributed by atoms with Crippen molar-refractivity contribution in [1.82, 2.24) is 4.90 Å². The van der Waals surface area contributed by atoms with E-state index in [9.17, 15) is 19.2 Å². The largest absolute Gasteiger partial charge is 0.466 e. The molecule has 0 saturated heterocycles. The maximum absolute atomic E-state index is 12.4. The number of nitrogens with zero attached hydrogens (tertiary/aromatic N) is 1. The Morgan fingerprint density at radius 1 is 0.926 bits per heavy atom. The van der Waals surface area contributed by atoms with Gasteiger partial charge >= 0.3 is 11.9 Å². The van der Waals surface area contributed by atoms with E-state index in [-0.39, 0.29) is 36.4 Å². The van der Waals surface area contributed by atoms with Crippen molar-refractivity contribution in [3.8, 4) is 0 Å². The second kappa shape index (κ2) is 9.85. The van der Waals surface area contributed by atoms with E-state index in [0.717, 1.165) is 19.3 Å². The van der Waals surface area contributed by atoms with Crippen molar-refractivity contribution in [1.29, 1.82) is 0 Å². The topological polar surface area (TPSA) is 90.0 Å². The van der Waals surface area contributed by atoms with Gasteiger partial charge < -0.3 is 9.47 Å². The molecule has 27 heavy (non-hydrogen) atoms. The van der Waals surface area contributed by atoms with Gasteiger partial charge in [0.25, 0.3) is 11.8 Å². The second-order valence-corrected chi connectivity index (χ2v) is 6.52. The summed E-state index contributed by atoms with van der Waals surface area (Å²) in [5, 5.41) is 0. The van der Waals surface area contributed by atoms with Crippen LogP contribution >= 0.6 is 0 Å². The fourth-order valence-electron chi connectivity index (χ4n) is 3.08. The van der Waals surface area contributed by atoms with Crippen LogP contribution in [0.3, 0.4) is 0 Å². The second-order valence-electron chi connectivity index (χ2n) is 6.52. The minimum atomic E-state index is -0.387. The summed E-state index contributed by atoms with van der Waals surface area (Å²) in [4.78, 5) is 48.0. The monoisotopic (exact) mass is 375 g/mol. The van der Waals surface area contributed by atoms with Crippen molar-refractivity contribution in [2.24, 2.45) is 0 Å². The van der Waals surface area contributed by atoms with Crippen LogP contribution in [-0.4, -0.2) is 47.9 Å². The molecule has 0 radical (unpaired) electrons. The predicted octanol–water partition coefficient (Wildman–Crippen LogP) is 2.73. The van der Waals surface area contributed by atoms with Gasteiger partial charge in [-0.05, 0) is 37.8 Å². The number of ether oxygens (including phenoxy) is 2. The van der Waals surface area contributed by atoms with Crippen molar-refractivity contribution < 1.29 is 28.7 Å². The summed E-state index contributed by atoms with van der Waals surface area (Å²) in [6.45, 7) is 3.30. The van der Waals surface area contributed by atoms with E-state index >= 15 is 0 Å². The normalized spacial score (nSPS) is 14.1. The summed E-state index contributed by atoms with van der Waals surface area (Å²) in [6.07, 6.45) is 3.03. The zero-order valence-electron chi connectivity index (χ0n) is 15.7. The molecule has 1 aliphatic heterocycles. The molecule has 7 heteroatoms. The third kappa shape index (κ3) is 5.91. The van der Waals surface area contributed by atoms with Crippen LogP contribution in [0.2, 0.25) is 0 Å². The average Bonchev–Trinajstić information content (AvgIpc) is 2.86. The Labute approximate surface area is 158 Å². The lowest BCUT2D eigenvalue weighted by Crippen LogP contribution is -2.33. The van der Waals surface area contributed by atoms with Crippen molar-refractivity contribution in [2.45, 2.75) is 52.1 Å². The zero-order chi connectivity index (χ0) is 19.8. The van der Waals surface area contributed by atoms with Gasteiger partial charge in [-0.3, -0.25) is 24.1 Å². The van der Waals surface area contributed by atoms with Gasteiger partial charge in [-0.1, -0.05) is 12.1 Å². The van der Waals surface area contributed by atoms with Crippen molar-refractivity contribution >= 4 is 23.8 Å². The van der Waals surface area contributed by atoms with Crippen LogP contribution in [0.4, 0.5) is 0 Å². The number of unbranched alkanes of at least 4 members (excludes halogenated alkanes) is 2. The summed E-state index contributed by atoms with van der Waals surface area (Å²) in [6, 6.07) is 6.74. The number of fused-ring (bicyclic) bond motifs is 1. The number of esters is 2. The first-order valence-electron chi connectivity index (χ1n) is 9.16. The molecule has 0 aromatic heterocycles. The highest BCUT2D eigenvalue weighted by atomic mass is 16.5. The number of carbonyl (C=O) groups excluding carboxylic acids is 4. The number of carbonyl (C=O) groups is 4. The van der Waals surface area contributed by atoms with Crippen LogP contribution < -0.4 is 0 Å². The third-order valence-electron chi connectivity index (χ3n) is 4.36. The van der Waals surface area contributed by atoms with E-state index in [2.05, 4.69) is 0 Å². The minimum absolute atomic E-state index is 0.206. The number of amides is 2. The molecule has 0 fully saturated rings. The molecule has 0 spiro atoms. The first-order chi connectivity index (χ1) is 12.9. The Kier molecular flexibility index (Phi) is 7.52. The molecule has 1 atom stereocenters. The maximum atomic E-state index is 12.4. The Morgan fingerprint density at radius 2 is 1.56 bits per heavy atom. The van der Waals surface area contributed by atoms with Gasteiger partial charge in [0.2, 0.25) is 0 Å². The summed E-state index contributed by atoms with van der Waals surface area (Å²) < 4.78 is 10.2. The molecule has 2 rings (SSSR count). The summed E-state index contributed by atoms with van der Waals surface area (Å²) in [5.41, 5.74) is 0.828. The van der Waals surface area contributed by atoms with Crippen molar-refractivity contribution in [2.75, 3.05) is 13.2 Å². The zero-order valence-corrected chi connectivity index (χ0v) is 15.7. The Bertz CT molecular complexity index is 679. The van der Waals surface area contributed by atoms with E-state index in [4.69, 9.17) is 9.47 Å². The first-order valence-corrected chi connectivity index (χ1v) is 9.16. The molecule has 0 aliphatic carbocycles. The van der Waals surface area contributed by atoms with E-state index in [1.165, 1.54) is 18.7 Å². The molecule has 1 aliphatic rings. The van der Waals surface area contributed by atoms with Crippen molar-refractivity contribution in [3.63, 3.8) is 0 Å². The van der Waals surface area contributed by atoms with E-state index in [1.807, 2.05) is 0 Å². The van der Waals surface area contributed by atoms with Gasteiger partial charge in [0.05, 0.1) is 17.7 Å². The van der Waals surface area contributed by atoms with Crippen molar-refractivity contribution in [3.05, 3.63) is 35.4 Å². The van der Waals surface area contributed by atoms with Crippen LogP contribution in [0.15, 0.2) is 24.3 Å². The number of benzene rings is 1. The van der Waals surface area contributed by atoms with Crippen LogP contribution in [0.25, 0.3) is 0 Å². The Balaban J connectivity index is 1.82. The lowest BCUT2D eigenvalue weighted by atomic mass is 10.1. The highest BCUT2D eigenvalue weighted by Crippen LogP contribution is 2.23. The van der Waals surface area contributed by atoms with Crippen LogP contribution in [-0.2, 0) is 19.1 Å². The number of hydrogen-bond donors (Lipinski definition) is 0. The standard InChI is InChI=1S/C20H25NO6/c1-14(22)26-13-7-3-4-8-16(27-15(2)23)11-12-21-19(24)17-9-5-6-10-18(17)20(21)25/h5-6,9-10,16H,3-4,7-8,11-13H2,1-2H3/t16-/m1/s1. The van der Waals surface area contributed by atoms with Gasteiger partial charge in [0.15, 0.2) is 0 Å². The highest BCUT2D eigenvalue weighted by molar-refractivity contribution is 6.21. The van der Waals surface area contributed by atoms with Crippen LogP contribution in [0, 0.1) is 0 Å². The molecule has 2 amide bonds. The molecule has 1 heterocycles. The molecule has 146 valence electrons.